The molecule has 0 amide bonds. The molecule has 0 aliphatic heterocycles. The summed E-state index contributed by atoms with van der Waals surface area (Å²) in [6, 6.07) is 8.23. The van der Waals surface area contributed by atoms with Gasteiger partial charge in [0, 0.05) is 30.9 Å². The summed E-state index contributed by atoms with van der Waals surface area (Å²) in [5, 5.41) is 15.7. The molecule has 5 nitrogen and oxygen atoms in total. The van der Waals surface area contributed by atoms with Gasteiger partial charge in [0.05, 0.1) is 11.9 Å². The van der Waals surface area contributed by atoms with Crippen molar-refractivity contribution in [1.82, 2.24) is 20.0 Å². The Morgan fingerprint density at radius 1 is 1.23 bits per heavy atom. The van der Waals surface area contributed by atoms with Crippen molar-refractivity contribution >= 4 is 5.82 Å². The summed E-state index contributed by atoms with van der Waals surface area (Å²) in [4.78, 5) is 0. The van der Waals surface area contributed by atoms with Crippen LogP contribution in [0.3, 0.4) is 0 Å². The highest BCUT2D eigenvalue weighted by molar-refractivity contribution is 5.61. The number of benzene rings is 1. The summed E-state index contributed by atoms with van der Waals surface area (Å²) in [6.07, 6.45) is 3.74. The number of aryl methyl sites for hydroxylation is 2. The molecule has 0 bridgehead atoms. The fourth-order valence-electron chi connectivity index (χ4n) is 2.20. The highest BCUT2D eigenvalue weighted by atomic mass is 19.1. The average molecular weight is 297 g/mol. The lowest BCUT2D eigenvalue weighted by molar-refractivity contribution is 0.628. The quantitative estimate of drug-likeness (QED) is 0.804. The molecule has 0 saturated heterocycles. The van der Waals surface area contributed by atoms with Gasteiger partial charge in [0.25, 0.3) is 0 Å². The first-order chi connectivity index (χ1) is 10.6. The highest BCUT2D eigenvalue weighted by Gasteiger charge is 2.07. The Kier molecular flexibility index (Phi) is 3.82. The summed E-state index contributed by atoms with van der Waals surface area (Å²) in [7, 11) is 1.88. The van der Waals surface area contributed by atoms with Crippen LogP contribution in [0.4, 0.5) is 10.2 Å². The standard InChI is InChI=1S/C16H16FN5/c1-11-6-15(13-4-3-5-14(17)7-13)20-21-16(11)18-8-12-9-19-22(2)10-12/h3-7,9-10H,8H2,1-2H3,(H,18,21). The lowest BCUT2D eigenvalue weighted by Gasteiger charge is -2.08. The van der Waals surface area contributed by atoms with Crippen LogP contribution in [0.2, 0.25) is 0 Å². The van der Waals surface area contributed by atoms with Gasteiger partial charge >= 0.3 is 0 Å². The van der Waals surface area contributed by atoms with E-state index in [0.717, 1.165) is 16.7 Å². The SMILES string of the molecule is Cc1cc(-c2cccc(F)c2)nnc1NCc1cnn(C)c1. The Morgan fingerprint density at radius 3 is 2.77 bits per heavy atom. The number of nitrogens with one attached hydrogen (secondary N) is 1. The summed E-state index contributed by atoms with van der Waals surface area (Å²) >= 11 is 0. The third-order valence-electron chi connectivity index (χ3n) is 3.32. The molecular formula is C16H16FN5. The summed E-state index contributed by atoms with van der Waals surface area (Å²) in [5.74, 6) is 0.430. The van der Waals surface area contributed by atoms with Gasteiger partial charge in [-0.05, 0) is 30.7 Å². The van der Waals surface area contributed by atoms with E-state index in [9.17, 15) is 4.39 Å². The van der Waals surface area contributed by atoms with Gasteiger partial charge in [0.15, 0.2) is 5.82 Å². The molecule has 0 atom stereocenters. The van der Waals surface area contributed by atoms with Crippen molar-refractivity contribution in [2.24, 2.45) is 7.05 Å². The molecule has 0 spiro atoms. The van der Waals surface area contributed by atoms with E-state index in [4.69, 9.17) is 0 Å². The molecule has 3 aromatic rings. The minimum atomic E-state index is -0.282. The maximum Gasteiger partial charge on any atom is 0.151 e. The molecule has 2 aromatic heterocycles. The predicted molar refractivity (Wildman–Crippen MR) is 82.7 cm³/mol. The van der Waals surface area contributed by atoms with Crippen molar-refractivity contribution in [2.75, 3.05) is 5.32 Å². The van der Waals surface area contributed by atoms with Crippen LogP contribution in [0, 0.1) is 12.7 Å². The minimum absolute atomic E-state index is 0.282. The van der Waals surface area contributed by atoms with E-state index in [-0.39, 0.29) is 5.82 Å². The molecule has 6 heteroatoms. The number of halogens is 1. The van der Waals surface area contributed by atoms with Gasteiger partial charge in [-0.3, -0.25) is 4.68 Å². The topological polar surface area (TPSA) is 55.6 Å². The van der Waals surface area contributed by atoms with E-state index in [0.29, 0.717) is 18.1 Å². The van der Waals surface area contributed by atoms with Crippen molar-refractivity contribution in [1.29, 1.82) is 0 Å². The first-order valence-electron chi connectivity index (χ1n) is 6.93. The predicted octanol–water partition coefficient (Wildman–Crippen LogP) is 2.94. The maximum absolute atomic E-state index is 13.3. The Bertz CT molecular complexity index is 797. The monoisotopic (exact) mass is 297 g/mol. The zero-order valence-electron chi connectivity index (χ0n) is 12.4. The van der Waals surface area contributed by atoms with Crippen LogP contribution in [-0.2, 0) is 13.6 Å². The molecule has 0 radical (unpaired) electrons. The molecule has 0 aliphatic carbocycles. The average Bonchev–Trinajstić information content (AvgIpc) is 2.91. The number of anilines is 1. The van der Waals surface area contributed by atoms with E-state index < -0.39 is 0 Å². The number of hydrogen-bond acceptors (Lipinski definition) is 4. The van der Waals surface area contributed by atoms with Gasteiger partial charge in [-0.1, -0.05) is 12.1 Å². The Labute approximate surface area is 127 Å². The fraction of sp³-hybridized carbons (Fsp3) is 0.188. The lowest BCUT2D eigenvalue weighted by Crippen LogP contribution is -2.04. The van der Waals surface area contributed by atoms with E-state index in [1.807, 2.05) is 32.3 Å². The van der Waals surface area contributed by atoms with Crippen molar-refractivity contribution in [3.63, 3.8) is 0 Å². The first kappa shape index (κ1) is 14.2. The molecular weight excluding hydrogens is 281 g/mol. The number of hydrogen-bond donors (Lipinski definition) is 1. The van der Waals surface area contributed by atoms with Crippen LogP contribution in [0.15, 0.2) is 42.7 Å². The second kappa shape index (κ2) is 5.93. The third kappa shape index (κ3) is 3.11. The van der Waals surface area contributed by atoms with Crippen LogP contribution in [0.5, 0.6) is 0 Å². The Morgan fingerprint density at radius 2 is 2.09 bits per heavy atom. The molecule has 0 saturated carbocycles. The smallest absolute Gasteiger partial charge is 0.151 e. The summed E-state index contributed by atoms with van der Waals surface area (Å²) in [5.41, 5.74) is 3.40. The van der Waals surface area contributed by atoms with Crippen LogP contribution in [-0.4, -0.2) is 20.0 Å². The second-order valence-corrected chi connectivity index (χ2v) is 5.15. The van der Waals surface area contributed by atoms with E-state index >= 15 is 0 Å². The van der Waals surface area contributed by atoms with Gasteiger partial charge < -0.3 is 5.32 Å². The van der Waals surface area contributed by atoms with Crippen molar-refractivity contribution in [3.05, 3.63) is 59.7 Å². The van der Waals surface area contributed by atoms with Crippen molar-refractivity contribution in [3.8, 4) is 11.3 Å². The zero-order valence-corrected chi connectivity index (χ0v) is 12.4. The molecule has 2 heterocycles. The molecule has 0 fully saturated rings. The van der Waals surface area contributed by atoms with Crippen LogP contribution >= 0.6 is 0 Å². The number of aromatic nitrogens is 4. The largest absolute Gasteiger partial charge is 0.364 e. The molecule has 3 rings (SSSR count). The maximum atomic E-state index is 13.3. The lowest BCUT2D eigenvalue weighted by atomic mass is 10.1. The number of rotatable bonds is 4. The van der Waals surface area contributed by atoms with E-state index in [1.165, 1.54) is 12.1 Å². The normalized spacial score (nSPS) is 10.7. The first-order valence-corrected chi connectivity index (χ1v) is 6.93. The third-order valence-corrected chi connectivity index (χ3v) is 3.32. The van der Waals surface area contributed by atoms with Crippen LogP contribution in [0.1, 0.15) is 11.1 Å². The minimum Gasteiger partial charge on any atom is -0.364 e. The van der Waals surface area contributed by atoms with Gasteiger partial charge in [-0.2, -0.15) is 5.10 Å². The zero-order chi connectivity index (χ0) is 15.5. The van der Waals surface area contributed by atoms with Crippen molar-refractivity contribution < 1.29 is 4.39 Å². The summed E-state index contributed by atoms with van der Waals surface area (Å²) in [6.45, 7) is 2.58. The second-order valence-electron chi connectivity index (χ2n) is 5.15. The molecule has 0 unspecified atom stereocenters. The van der Waals surface area contributed by atoms with Gasteiger partial charge in [0.2, 0.25) is 0 Å². The Balaban J connectivity index is 1.77. The van der Waals surface area contributed by atoms with E-state index in [1.54, 1.807) is 16.9 Å². The fourth-order valence-corrected chi connectivity index (χ4v) is 2.20. The molecule has 22 heavy (non-hydrogen) atoms. The summed E-state index contributed by atoms with van der Waals surface area (Å²) < 4.78 is 15.0. The highest BCUT2D eigenvalue weighted by Crippen LogP contribution is 2.21. The van der Waals surface area contributed by atoms with Gasteiger partial charge in [-0.25, -0.2) is 4.39 Å². The van der Waals surface area contributed by atoms with E-state index in [2.05, 4.69) is 20.6 Å². The van der Waals surface area contributed by atoms with Crippen LogP contribution < -0.4 is 5.32 Å². The van der Waals surface area contributed by atoms with Gasteiger partial charge in [-0.15, -0.1) is 10.2 Å². The molecule has 1 N–H and O–H groups in total. The Hall–Kier alpha value is -2.76. The van der Waals surface area contributed by atoms with Gasteiger partial charge in [0.1, 0.15) is 5.82 Å². The number of nitrogens with zero attached hydrogens (tertiary/aromatic N) is 4. The van der Waals surface area contributed by atoms with Crippen molar-refractivity contribution in [2.45, 2.75) is 13.5 Å². The molecule has 1 aromatic carbocycles. The molecule has 0 aliphatic rings. The molecule has 112 valence electrons. The van der Waals surface area contributed by atoms with Crippen LogP contribution in [0.25, 0.3) is 11.3 Å².